The second-order valence-electron chi connectivity index (χ2n) is 7.03. The second-order valence-corrected chi connectivity index (χ2v) is 7.03. The number of carbonyl (C=O) groups is 1. The van der Waals surface area contributed by atoms with E-state index in [-0.39, 0.29) is 11.3 Å². The molecule has 2 saturated heterocycles. The lowest BCUT2D eigenvalue weighted by Gasteiger charge is -2.40. The Hall–Kier alpha value is -1.76. The van der Waals surface area contributed by atoms with Gasteiger partial charge < -0.3 is 14.7 Å². The summed E-state index contributed by atoms with van der Waals surface area (Å²) in [6.07, 6.45) is 5.62. The number of nitrogens with zero attached hydrogens (tertiary/aromatic N) is 5. The topological polar surface area (TPSA) is 52.6 Å². The fourth-order valence-electron chi connectivity index (χ4n) is 3.70. The van der Waals surface area contributed by atoms with Crippen molar-refractivity contribution in [2.75, 3.05) is 51.7 Å². The van der Waals surface area contributed by atoms with Crippen molar-refractivity contribution >= 4 is 11.9 Å². The van der Waals surface area contributed by atoms with Crippen LogP contribution in [0.2, 0.25) is 0 Å². The van der Waals surface area contributed by atoms with Crippen molar-refractivity contribution in [3.8, 4) is 0 Å². The van der Waals surface area contributed by atoms with Crippen LogP contribution in [0.3, 0.4) is 0 Å². The van der Waals surface area contributed by atoms with Gasteiger partial charge in [-0.2, -0.15) is 0 Å². The fourth-order valence-corrected chi connectivity index (χ4v) is 3.70. The number of anilines is 1. The van der Waals surface area contributed by atoms with E-state index in [0.717, 1.165) is 45.4 Å². The summed E-state index contributed by atoms with van der Waals surface area (Å²) < 4.78 is 13.0. The number of carbonyl (C=O) groups excluding carboxylic acids is 1. The first-order valence-corrected chi connectivity index (χ1v) is 8.12. The average Bonchev–Trinajstić information content (AvgIpc) is 2.91. The lowest BCUT2D eigenvalue weighted by atomic mass is 9.79. The molecule has 126 valence electrons. The van der Waals surface area contributed by atoms with Crippen LogP contribution in [0.5, 0.6) is 0 Å². The second kappa shape index (κ2) is 6.39. The van der Waals surface area contributed by atoms with Gasteiger partial charge in [-0.25, -0.2) is 14.4 Å². The minimum Gasteiger partial charge on any atom is -0.341 e. The van der Waals surface area contributed by atoms with E-state index in [2.05, 4.69) is 14.9 Å². The standard InChI is InChI=1S/C16H24FN5O/c1-20(2)10-14(23)21-7-5-16(11-21)4-3-6-22(12-16)15-18-8-13(17)9-19-15/h8-9H,3-7,10-12H2,1-2H3. The third kappa shape index (κ3) is 3.60. The van der Waals surface area contributed by atoms with Gasteiger partial charge in [0.15, 0.2) is 5.82 Å². The van der Waals surface area contributed by atoms with Gasteiger partial charge in [-0.3, -0.25) is 4.79 Å². The van der Waals surface area contributed by atoms with E-state index < -0.39 is 5.82 Å². The van der Waals surface area contributed by atoms with Gasteiger partial charge in [0.25, 0.3) is 0 Å². The van der Waals surface area contributed by atoms with Crippen LogP contribution in [-0.2, 0) is 4.79 Å². The Morgan fingerprint density at radius 2 is 2.00 bits per heavy atom. The zero-order chi connectivity index (χ0) is 16.4. The van der Waals surface area contributed by atoms with E-state index in [1.165, 1.54) is 12.4 Å². The first kappa shape index (κ1) is 16.1. The highest BCUT2D eigenvalue weighted by atomic mass is 19.1. The van der Waals surface area contributed by atoms with Crippen molar-refractivity contribution in [3.63, 3.8) is 0 Å². The van der Waals surface area contributed by atoms with Crippen molar-refractivity contribution in [3.05, 3.63) is 18.2 Å². The third-order valence-corrected chi connectivity index (χ3v) is 4.79. The van der Waals surface area contributed by atoms with Gasteiger partial charge >= 0.3 is 0 Å². The molecule has 2 aliphatic rings. The fraction of sp³-hybridized carbons (Fsp3) is 0.688. The highest BCUT2D eigenvalue weighted by Crippen LogP contribution is 2.39. The van der Waals surface area contributed by atoms with E-state index >= 15 is 0 Å². The molecule has 7 heteroatoms. The number of hydrogen-bond donors (Lipinski definition) is 0. The van der Waals surface area contributed by atoms with Crippen LogP contribution >= 0.6 is 0 Å². The average molecular weight is 321 g/mol. The molecule has 6 nitrogen and oxygen atoms in total. The summed E-state index contributed by atoms with van der Waals surface area (Å²) in [5.41, 5.74) is 0.123. The summed E-state index contributed by atoms with van der Waals surface area (Å²) in [5.74, 6) is 0.368. The van der Waals surface area contributed by atoms with Crippen LogP contribution in [0.1, 0.15) is 19.3 Å². The van der Waals surface area contributed by atoms with E-state index in [9.17, 15) is 9.18 Å². The number of amides is 1. The van der Waals surface area contributed by atoms with Gasteiger partial charge in [0, 0.05) is 31.6 Å². The molecule has 0 aliphatic carbocycles. The molecular formula is C16H24FN5O. The van der Waals surface area contributed by atoms with Crippen LogP contribution in [0, 0.1) is 11.2 Å². The highest BCUT2D eigenvalue weighted by Gasteiger charge is 2.43. The molecule has 0 N–H and O–H groups in total. The molecule has 2 aliphatic heterocycles. The summed E-state index contributed by atoms with van der Waals surface area (Å²) in [7, 11) is 3.83. The van der Waals surface area contributed by atoms with Crippen molar-refractivity contribution < 1.29 is 9.18 Å². The molecule has 23 heavy (non-hydrogen) atoms. The molecule has 1 aromatic heterocycles. The molecule has 1 amide bonds. The predicted molar refractivity (Wildman–Crippen MR) is 85.6 cm³/mol. The number of likely N-dealkylation sites (tertiary alicyclic amines) is 1. The quantitative estimate of drug-likeness (QED) is 0.831. The van der Waals surface area contributed by atoms with Crippen LogP contribution in [0.25, 0.3) is 0 Å². The van der Waals surface area contributed by atoms with E-state index in [1.54, 1.807) is 0 Å². The molecule has 1 spiro atoms. The molecule has 3 rings (SSSR count). The Morgan fingerprint density at radius 1 is 1.26 bits per heavy atom. The molecule has 1 aromatic rings. The maximum Gasteiger partial charge on any atom is 0.236 e. The summed E-state index contributed by atoms with van der Waals surface area (Å²) in [6, 6.07) is 0. The molecular weight excluding hydrogens is 297 g/mol. The molecule has 1 unspecified atom stereocenters. The largest absolute Gasteiger partial charge is 0.341 e. The number of aromatic nitrogens is 2. The van der Waals surface area contributed by atoms with Gasteiger partial charge in [-0.05, 0) is 33.4 Å². The van der Waals surface area contributed by atoms with E-state index in [1.807, 2.05) is 23.9 Å². The van der Waals surface area contributed by atoms with Crippen LogP contribution in [0.4, 0.5) is 10.3 Å². The molecule has 0 radical (unpaired) electrons. The summed E-state index contributed by atoms with van der Waals surface area (Å²) in [6.45, 7) is 3.81. The maximum absolute atomic E-state index is 13.0. The van der Waals surface area contributed by atoms with Gasteiger partial charge in [-0.15, -0.1) is 0 Å². The lowest BCUT2D eigenvalue weighted by molar-refractivity contribution is -0.131. The number of halogens is 1. The van der Waals surface area contributed by atoms with Crippen molar-refractivity contribution in [2.45, 2.75) is 19.3 Å². The van der Waals surface area contributed by atoms with E-state index in [4.69, 9.17) is 0 Å². The lowest BCUT2D eigenvalue weighted by Crippen LogP contribution is -2.46. The predicted octanol–water partition coefficient (Wildman–Crippen LogP) is 0.996. The zero-order valence-electron chi connectivity index (χ0n) is 13.8. The van der Waals surface area contributed by atoms with Gasteiger partial charge in [0.1, 0.15) is 0 Å². The molecule has 2 fully saturated rings. The van der Waals surface area contributed by atoms with Crippen LogP contribution < -0.4 is 4.90 Å². The number of piperidine rings is 1. The Bertz CT molecular complexity index is 564. The molecule has 3 heterocycles. The summed E-state index contributed by atoms with van der Waals surface area (Å²) in [4.78, 5) is 26.5. The SMILES string of the molecule is CN(C)CC(=O)N1CCC2(CCCN(c3ncc(F)cn3)C2)C1. The number of likely N-dealkylation sites (N-methyl/N-ethyl adjacent to an activating group) is 1. The monoisotopic (exact) mass is 321 g/mol. The van der Waals surface area contributed by atoms with Gasteiger partial charge in [0.2, 0.25) is 11.9 Å². The third-order valence-electron chi connectivity index (χ3n) is 4.79. The first-order valence-electron chi connectivity index (χ1n) is 8.12. The summed E-state index contributed by atoms with van der Waals surface area (Å²) >= 11 is 0. The van der Waals surface area contributed by atoms with Crippen LogP contribution in [-0.4, -0.2) is 72.5 Å². The minimum absolute atomic E-state index is 0.123. The Kier molecular flexibility index (Phi) is 4.48. The normalized spacial score (nSPS) is 24.7. The minimum atomic E-state index is -0.415. The highest BCUT2D eigenvalue weighted by molar-refractivity contribution is 5.78. The number of rotatable bonds is 3. The van der Waals surface area contributed by atoms with Crippen LogP contribution in [0.15, 0.2) is 12.4 Å². The smallest absolute Gasteiger partial charge is 0.236 e. The first-order chi connectivity index (χ1) is 11.0. The Morgan fingerprint density at radius 3 is 2.70 bits per heavy atom. The Balaban J connectivity index is 1.66. The molecule has 0 saturated carbocycles. The summed E-state index contributed by atoms with van der Waals surface area (Å²) in [5, 5.41) is 0. The Labute approximate surface area is 136 Å². The maximum atomic E-state index is 13.0. The molecule has 0 aromatic carbocycles. The van der Waals surface area contributed by atoms with Crippen molar-refractivity contribution in [1.29, 1.82) is 0 Å². The van der Waals surface area contributed by atoms with Gasteiger partial charge in [0.05, 0.1) is 18.9 Å². The molecule has 1 atom stereocenters. The zero-order valence-corrected chi connectivity index (χ0v) is 13.8. The van der Waals surface area contributed by atoms with Crippen molar-refractivity contribution in [1.82, 2.24) is 19.8 Å². The van der Waals surface area contributed by atoms with Crippen molar-refractivity contribution in [2.24, 2.45) is 5.41 Å². The van der Waals surface area contributed by atoms with Gasteiger partial charge in [-0.1, -0.05) is 0 Å². The van der Waals surface area contributed by atoms with E-state index in [0.29, 0.717) is 12.5 Å². The number of hydrogen-bond acceptors (Lipinski definition) is 5. The molecule has 0 bridgehead atoms.